The molecule has 17 heavy (non-hydrogen) atoms. The summed E-state index contributed by atoms with van der Waals surface area (Å²) in [5.74, 6) is 0.858. The van der Waals surface area contributed by atoms with Crippen LogP contribution in [0, 0.1) is 0 Å². The maximum absolute atomic E-state index is 11.8. The number of rotatable bonds is 8. The lowest BCUT2D eigenvalue weighted by Crippen LogP contribution is -2.31. The molecule has 0 aromatic heterocycles. The first kappa shape index (κ1) is 14.4. The molecule has 0 amide bonds. The zero-order chi connectivity index (χ0) is 12.5. The van der Waals surface area contributed by atoms with Crippen LogP contribution < -0.4 is 5.32 Å². The Balaban J connectivity index is 2.25. The molecule has 0 radical (unpaired) electrons. The van der Waals surface area contributed by atoms with Crippen LogP contribution in [0.3, 0.4) is 0 Å². The van der Waals surface area contributed by atoms with Crippen LogP contribution in [-0.2, 0) is 16.6 Å². The molecule has 0 bridgehead atoms. The minimum absolute atomic E-state index is 0.339. The van der Waals surface area contributed by atoms with E-state index in [2.05, 4.69) is 12.2 Å². The van der Waals surface area contributed by atoms with Crippen LogP contribution in [0.1, 0.15) is 18.9 Å². The average molecular weight is 255 g/mol. The molecule has 1 aromatic carbocycles. The van der Waals surface area contributed by atoms with Gasteiger partial charge in [-0.1, -0.05) is 37.3 Å². The fourth-order valence-corrected chi connectivity index (χ4v) is 2.77. The lowest BCUT2D eigenvalue weighted by atomic mass is 10.2. The Labute approximate surface area is 106 Å². The second-order valence-corrected chi connectivity index (χ2v) is 5.60. The van der Waals surface area contributed by atoms with Gasteiger partial charge in [0, 0.05) is 23.1 Å². The van der Waals surface area contributed by atoms with Crippen molar-refractivity contribution in [3.8, 4) is 0 Å². The zero-order valence-corrected chi connectivity index (χ0v) is 11.1. The van der Waals surface area contributed by atoms with Crippen molar-refractivity contribution < 1.29 is 9.32 Å². The molecule has 2 atom stereocenters. The maximum atomic E-state index is 11.8. The molecule has 0 heterocycles. The minimum Gasteiger partial charge on any atom is -0.391 e. The molecule has 0 aliphatic rings. The largest absolute Gasteiger partial charge is 0.391 e. The van der Waals surface area contributed by atoms with Crippen molar-refractivity contribution in [1.29, 1.82) is 0 Å². The van der Waals surface area contributed by atoms with Crippen molar-refractivity contribution >= 4 is 10.8 Å². The SMILES string of the molecule is CCCNCC(O)CS(=O)Cc1ccccc1. The van der Waals surface area contributed by atoms with Crippen molar-refractivity contribution in [1.82, 2.24) is 5.32 Å². The summed E-state index contributed by atoms with van der Waals surface area (Å²) >= 11 is 0. The Morgan fingerprint density at radius 1 is 1.35 bits per heavy atom. The minimum atomic E-state index is -0.997. The van der Waals surface area contributed by atoms with E-state index in [1.54, 1.807) is 0 Å². The summed E-state index contributed by atoms with van der Waals surface area (Å²) in [6.45, 7) is 3.49. The number of nitrogens with one attached hydrogen (secondary N) is 1. The second-order valence-electron chi connectivity index (χ2n) is 4.09. The summed E-state index contributed by atoms with van der Waals surface area (Å²) in [7, 11) is -0.997. The lowest BCUT2D eigenvalue weighted by Gasteiger charge is -2.11. The van der Waals surface area contributed by atoms with Gasteiger partial charge in [-0.25, -0.2) is 0 Å². The molecule has 2 unspecified atom stereocenters. The van der Waals surface area contributed by atoms with Gasteiger partial charge in [0.05, 0.1) is 11.9 Å². The van der Waals surface area contributed by atoms with E-state index in [-0.39, 0.29) is 0 Å². The van der Waals surface area contributed by atoms with Crippen molar-refractivity contribution in [2.45, 2.75) is 25.2 Å². The molecule has 3 nitrogen and oxygen atoms in total. The summed E-state index contributed by atoms with van der Waals surface area (Å²) in [6, 6.07) is 9.73. The third kappa shape index (κ3) is 6.56. The lowest BCUT2D eigenvalue weighted by molar-refractivity contribution is 0.195. The van der Waals surface area contributed by atoms with E-state index in [0.29, 0.717) is 18.1 Å². The summed E-state index contributed by atoms with van der Waals surface area (Å²) < 4.78 is 11.8. The number of aliphatic hydroxyl groups excluding tert-OH is 1. The maximum Gasteiger partial charge on any atom is 0.0779 e. The van der Waals surface area contributed by atoms with Gasteiger partial charge in [-0.2, -0.15) is 0 Å². The zero-order valence-electron chi connectivity index (χ0n) is 10.3. The quantitative estimate of drug-likeness (QED) is 0.688. The van der Waals surface area contributed by atoms with E-state index in [4.69, 9.17) is 0 Å². The van der Waals surface area contributed by atoms with E-state index in [9.17, 15) is 9.32 Å². The van der Waals surface area contributed by atoms with E-state index in [0.717, 1.165) is 18.5 Å². The third-order valence-corrected chi connectivity index (χ3v) is 3.77. The second kappa shape index (κ2) is 8.39. The molecule has 1 rings (SSSR count). The van der Waals surface area contributed by atoms with Crippen molar-refractivity contribution in [2.24, 2.45) is 0 Å². The van der Waals surface area contributed by atoms with Gasteiger partial charge in [-0.15, -0.1) is 0 Å². The van der Waals surface area contributed by atoms with Crippen molar-refractivity contribution in [3.05, 3.63) is 35.9 Å². The summed E-state index contributed by atoms with van der Waals surface area (Å²) in [5.41, 5.74) is 1.06. The predicted octanol–water partition coefficient (Wildman–Crippen LogP) is 1.30. The van der Waals surface area contributed by atoms with Crippen LogP contribution in [0.2, 0.25) is 0 Å². The molecule has 96 valence electrons. The van der Waals surface area contributed by atoms with E-state index in [1.165, 1.54) is 0 Å². The number of hydrogen-bond acceptors (Lipinski definition) is 3. The first-order chi connectivity index (χ1) is 8.22. The van der Waals surface area contributed by atoms with Crippen LogP contribution >= 0.6 is 0 Å². The standard InChI is InChI=1S/C13H21NO2S/c1-2-8-14-9-13(15)11-17(16)10-12-6-4-3-5-7-12/h3-7,13-15H,2,8-11H2,1H3. The third-order valence-electron chi connectivity index (χ3n) is 2.36. The average Bonchev–Trinajstić information content (AvgIpc) is 2.30. The van der Waals surface area contributed by atoms with Gasteiger partial charge < -0.3 is 10.4 Å². The highest BCUT2D eigenvalue weighted by Gasteiger charge is 2.09. The fourth-order valence-electron chi connectivity index (χ4n) is 1.54. The Bertz CT molecular complexity index is 329. The number of hydrogen-bond donors (Lipinski definition) is 2. The molecule has 0 saturated carbocycles. The molecule has 0 fully saturated rings. The molecule has 2 N–H and O–H groups in total. The van der Waals surface area contributed by atoms with Crippen molar-refractivity contribution in [2.75, 3.05) is 18.8 Å². The molecule has 0 saturated heterocycles. The van der Waals surface area contributed by atoms with E-state index >= 15 is 0 Å². The van der Waals surface area contributed by atoms with Crippen LogP contribution in [0.5, 0.6) is 0 Å². The van der Waals surface area contributed by atoms with Gasteiger partial charge >= 0.3 is 0 Å². The highest BCUT2D eigenvalue weighted by Crippen LogP contribution is 2.03. The van der Waals surface area contributed by atoms with Crippen LogP contribution in [0.4, 0.5) is 0 Å². The normalized spacial score (nSPS) is 14.5. The van der Waals surface area contributed by atoms with Gasteiger partial charge in [0.15, 0.2) is 0 Å². The molecule has 1 aromatic rings. The first-order valence-corrected chi connectivity index (χ1v) is 7.49. The van der Waals surface area contributed by atoms with E-state index < -0.39 is 16.9 Å². The van der Waals surface area contributed by atoms with Crippen LogP contribution in [0.25, 0.3) is 0 Å². The van der Waals surface area contributed by atoms with Crippen LogP contribution in [0.15, 0.2) is 30.3 Å². The fraction of sp³-hybridized carbons (Fsp3) is 0.538. The van der Waals surface area contributed by atoms with Gasteiger partial charge in [0.1, 0.15) is 0 Å². The first-order valence-electron chi connectivity index (χ1n) is 6.00. The van der Waals surface area contributed by atoms with Gasteiger partial charge in [-0.3, -0.25) is 4.21 Å². The summed E-state index contributed by atoms with van der Waals surface area (Å²) in [4.78, 5) is 0. The molecule has 0 spiro atoms. The molecular weight excluding hydrogens is 234 g/mol. The monoisotopic (exact) mass is 255 g/mol. The highest BCUT2D eigenvalue weighted by atomic mass is 32.2. The molecule has 0 aliphatic heterocycles. The Morgan fingerprint density at radius 2 is 2.06 bits per heavy atom. The smallest absolute Gasteiger partial charge is 0.0779 e. The number of benzene rings is 1. The molecular formula is C13H21NO2S. The van der Waals surface area contributed by atoms with Gasteiger partial charge in [0.2, 0.25) is 0 Å². The Morgan fingerprint density at radius 3 is 2.71 bits per heavy atom. The van der Waals surface area contributed by atoms with Gasteiger partial charge in [0.25, 0.3) is 0 Å². The summed E-state index contributed by atoms with van der Waals surface area (Å²) in [6.07, 6.45) is 0.519. The van der Waals surface area contributed by atoms with E-state index in [1.807, 2.05) is 30.3 Å². The molecule has 0 aliphatic carbocycles. The van der Waals surface area contributed by atoms with Crippen LogP contribution in [-0.4, -0.2) is 34.3 Å². The summed E-state index contributed by atoms with van der Waals surface area (Å²) in [5, 5.41) is 12.8. The topological polar surface area (TPSA) is 49.3 Å². The molecule has 4 heteroatoms. The van der Waals surface area contributed by atoms with Crippen molar-refractivity contribution in [3.63, 3.8) is 0 Å². The van der Waals surface area contributed by atoms with Gasteiger partial charge in [-0.05, 0) is 18.5 Å². The predicted molar refractivity (Wildman–Crippen MR) is 72.3 cm³/mol. The Kier molecular flexibility index (Phi) is 7.08. The highest BCUT2D eigenvalue weighted by molar-refractivity contribution is 7.84. The Hall–Kier alpha value is -0.710. The number of aliphatic hydroxyl groups is 1.